The molecule has 0 saturated carbocycles. The Bertz CT molecular complexity index is 799. The van der Waals surface area contributed by atoms with E-state index in [2.05, 4.69) is 10.4 Å². The van der Waals surface area contributed by atoms with Crippen molar-refractivity contribution in [3.05, 3.63) is 50.3 Å². The number of hydrogen-bond acceptors (Lipinski definition) is 7. The van der Waals surface area contributed by atoms with E-state index < -0.39 is 21.4 Å². The van der Waals surface area contributed by atoms with Gasteiger partial charge in [0, 0.05) is 13.1 Å². The highest BCUT2D eigenvalue weighted by Crippen LogP contribution is 2.30. The number of carbonyl (C=O) groups excluding carboxylic acids is 1. The molecule has 0 aliphatic heterocycles. The van der Waals surface area contributed by atoms with Gasteiger partial charge in [0.2, 0.25) is 5.69 Å². The van der Waals surface area contributed by atoms with Gasteiger partial charge in [-0.1, -0.05) is 0 Å². The van der Waals surface area contributed by atoms with E-state index in [4.69, 9.17) is 4.74 Å². The Kier molecular flexibility index (Phi) is 4.21. The molecule has 0 aliphatic rings. The monoisotopic (exact) mass is 321 g/mol. The van der Waals surface area contributed by atoms with Crippen LogP contribution in [0.2, 0.25) is 0 Å². The molecular weight excluding hydrogens is 310 g/mol. The summed E-state index contributed by atoms with van der Waals surface area (Å²) in [6, 6.07) is 3.58. The molecule has 120 valence electrons. The van der Waals surface area contributed by atoms with Crippen LogP contribution in [0.25, 0.3) is 0 Å². The maximum Gasteiger partial charge on any atom is 0.320 e. The number of nitro benzene ring substituents is 1. The van der Waals surface area contributed by atoms with Crippen LogP contribution in [-0.2, 0) is 7.05 Å². The number of non-ortho nitro benzene ring substituents is 1. The number of amides is 1. The predicted molar refractivity (Wildman–Crippen MR) is 77.5 cm³/mol. The fourth-order valence-corrected chi connectivity index (χ4v) is 1.90. The van der Waals surface area contributed by atoms with E-state index >= 15 is 0 Å². The third-order valence-corrected chi connectivity index (χ3v) is 2.98. The summed E-state index contributed by atoms with van der Waals surface area (Å²) < 4.78 is 6.05. The number of carbonyl (C=O) groups is 1. The van der Waals surface area contributed by atoms with Crippen molar-refractivity contribution in [2.45, 2.75) is 0 Å². The molecule has 0 spiro atoms. The van der Waals surface area contributed by atoms with Crippen molar-refractivity contribution in [3.8, 4) is 5.75 Å². The van der Waals surface area contributed by atoms with Crippen LogP contribution >= 0.6 is 0 Å². The van der Waals surface area contributed by atoms with Crippen LogP contribution in [-0.4, -0.2) is 32.6 Å². The number of benzene rings is 1. The van der Waals surface area contributed by atoms with Crippen LogP contribution < -0.4 is 10.1 Å². The second kappa shape index (κ2) is 6.09. The number of aryl methyl sites for hydroxylation is 1. The van der Waals surface area contributed by atoms with E-state index in [1.807, 2.05) is 0 Å². The largest absolute Gasteiger partial charge is 0.494 e. The lowest BCUT2D eigenvalue weighted by molar-refractivity contribution is -0.385. The SMILES string of the molecule is COc1cc([N+](=O)[O-])ccc1NC(=O)c1c([N+](=O)[O-])cnn1C. The van der Waals surface area contributed by atoms with Crippen LogP contribution in [0, 0.1) is 20.2 Å². The van der Waals surface area contributed by atoms with Crippen LogP contribution in [0.15, 0.2) is 24.4 Å². The highest BCUT2D eigenvalue weighted by molar-refractivity contribution is 6.06. The summed E-state index contributed by atoms with van der Waals surface area (Å²) in [7, 11) is 2.66. The van der Waals surface area contributed by atoms with Crippen LogP contribution in [0.5, 0.6) is 5.75 Å². The number of hydrogen-bond donors (Lipinski definition) is 1. The van der Waals surface area contributed by atoms with Gasteiger partial charge in [0.15, 0.2) is 0 Å². The van der Waals surface area contributed by atoms with Crippen molar-refractivity contribution >= 4 is 23.0 Å². The third kappa shape index (κ3) is 3.07. The highest BCUT2D eigenvalue weighted by Gasteiger charge is 2.26. The first-order valence-corrected chi connectivity index (χ1v) is 6.15. The predicted octanol–water partition coefficient (Wildman–Crippen LogP) is 1.50. The van der Waals surface area contributed by atoms with Gasteiger partial charge in [-0.25, -0.2) is 0 Å². The van der Waals surface area contributed by atoms with Gasteiger partial charge in [0.1, 0.15) is 11.9 Å². The fourth-order valence-electron chi connectivity index (χ4n) is 1.90. The molecule has 0 fully saturated rings. The van der Waals surface area contributed by atoms with Crippen molar-refractivity contribution < 1.29 is 19.4 Å². The van der Waals surface area contributed by atoms with Gasteiger partial charge >= 0.3 is 5.69 Å². The molecule has 0 bridgehead atoms. The van der Waals surface area contributed by atoms with Crippen molar-refractivity contribution in [2.24, 2.45) is 7.05 Å². The van der Waals surface area contributed by atoms with Gasteiger partial charge in [-0.05, 0) is 6.07 Å². The molecule has 11 nitrogen and oxygen atoms in total. The summed E-state index contributed by atoms with van der Waals surface area (Å²) in [5.41, 5.74) is -0.786. The molecule has 2 rings (SSSR count). The number of nitrogens with one attached hydrogen (secondary N) is 1. The lowest BCUT2D eigenvalue weighted by atomic mass is 10.2. The number of rotatable bonds is 5. The minimum Gasteiger partial charge on any atom is -0.494 e. The van der Waals surface area contributed by atoms with Crippen molar-refractivity contribution in [1.29, 1.82) is 0 Å². The van der Waals surface area contributed by atoms with E-state index in [0.29, 0.717) is 0 Å². The van der Waals surface area contributed by atoms with Gasteiger partial charge < -0.3 is 10.1 Å². The molecule has 1 aromatic carbocycles. The van der Waals surface area contributed by atoms with Gasteiger partial charge in [0.25, 0.3) is 11.6 Å². The Labute approximate surface area is 128 Å². The van der Waals surface area contributed by atoms with E-state index in [1.54, 1.807) is 0 Å². The standard InChI is InChI=1S/C12H11N5O6/c1-15-11(9(6-13-15)17(21)22)12(18)14-8-4-3-7(16(19)20)5-10(8)23-2/h3-6H,1-2H3,(H,14,18). The van der Waals surface area contributed by atoms with E-state index in [0.717, 1.165) is 16.9 Å². The Hall–Kier alpha value is -3.50. The average Bonchev–Trinajstić information content (AvgIpc) is 2.89. The van der Waals surface area contributed by atoms with E-state index in [1.165, 1.54) is 26.3 Å². The number of ether oxygens (including phenoxy) is 1. The van der Waals surface area contributed by atoms with E-state index in [9.17, 15) is 25.0 Å². The summed E-state index contributed by atoms with van der Waals surface area (Å²) >= 11 is 0. The maximum absolute atomic E-state index is 12.2. The molecule has 23 heavy (non-hydrogen) atoms. The highest BCUT2D eigenvalue weighted by atomic mass is 16.6. The smallest absolute Gasteiger partial charge is 0.320 e. The topological polar surface area (TPSA) is 142 Å². The van der Waals surface area contributed by atoms with Crippen molar-refractivity contribution in [3.63, 3.8) is 0 Å². The minimum absolute atomic E-state index is 0.0531. The van der Waals surface area contributed by atoms with Crippen LogP contribution in [0.1, 0.15) is 10.5 Å². The number of methoxy groups -OCH3 is 1. The fraction of sp³-hybridized carbons (Fsp3) is 0.167. The average molecular weight is 321 g/mol. The number of nitrogens with zero attached hydrogens (tertiary/aromatic N) is 4. The molecular formula is C12H11N5O6. The summed E-state index contributed by atoms with van der Waals surface area (Å²) in [5.74, 6) is -0.735. The zero-order valence-corrected chi connectivity index (χ0v) is 12.0. The Balaban J connectivity index is 2.36. The summed E-state index contributed by atoms with van der Waals surface area (Å²) in [5, 5.41) is 27.7. The summed E-state index contributed by atoms with van der Waals surface area (Å²) in [6.07, 6.45) is 0.960. The van der Waals surface area contributed by atoms with Crippen LogP contribution in [0.3, 0.4) is 0 Å². The minimum atomic E-state index is -0.788. The Morgan fingerprint density at radius 1 is 1.30 bits per heavy atom. The summed E-state index contributed by atoms with van der Waals surface area (Å²) in [6.45, 7) is 0. The van der Waals surface area contributed by atoms with Crippen molar-refractivity contribution in [1.82, 2.24) is 9.78 Å². The zero-order valence-electron chi connectivity index (χ0n) is 12.0. The normalized spacial score (nSPS) is 10.2. The first kappa shape index (κ1) is 15.9. The molecule has 1 heterocycles. The van der Waals surface area contributed by atoms with Gasteiger partial charge in [-0.15, -0.1) is 0 Å². The molecule has 0 radical (unpaired) electrons. The van der Waals surface area contributed by atoms with Gasteiger partial charge in [-0.2, -0.15) is 5.10 Å². The molecule has 0 saturated heterocycles. The molecule has 0 aliphatic carbocycles. The zero-order chi connectivity index (χ0) is 17.1. The maximum atomic E-state index is 12.2. The summed E-state index contributed by atoms with van der Waals surface area (Å²) in [4.78, 5) is 32.5. The quantitative estimate of drug-likeness (QED) is 0.649. The first-order chi connectivity index (χ1) is 10.8. The molecule has 1 aromatic heterocycles. The second-order valence-corrected chi connectivity index (χ2v) is 4.35. The number of nitro groups is 2. The first-order valence-electron chi connectivity index (χ1n) is 6.15. The molecule has 11 heteroatoms. The van der Waals surface area contributed by atoms with Crippen LogP contribution in [0.4, 0.5) is 17.1 Å². The molecule has 2 aromatic rings. The molecule has 0 atom stereocenters. The molecule has 1 N–H and O–H groups in total. The molecule has 1 amide bonds. The third-order valence-electron chi connectivity index (χ3n) is 2.98. The van der Waals surface area contributed by atoms with Gasteiger partial charge in [-0.3, -0.25) is 29.7 Å². The van der Waals surface area contributed by atoms with Crippen molar-refractivity contribution in [2.75, 3.05) is 12.4 Å². The van der Waals surface area contributed by atoms with E-state index in [-0.39, 0.29) is 22.8 Å². The lowest BCUT2D eigenvalue weighted by Crippen LogP contribution is -2.18. The molecule has 0 unspecified atom stereocenters. The number of aromatic nitrogens is 2. The van der Waals surface area contributed by atoms with Gasteiger partial charge in [0.05, 0.1) is 28.7 Å². The second-order valence-electron chi connectivity index (χ2n) is 4.35. The lowest BCUT2D eigenvalue weighted by Gasteiger charge is -2.09. The number of anilines is 1. The Morgan fingerprint density at radius 3 is 2.57 bits per heavy atom. The Morgan fingerprint density at radius 2 is 2.00 bits per heavy atom.